The number of ether oxygens (including phenoxy) is 1. The second kappa shape index (κ2) is 8.98. The van der Waals surface area contributed by atoms with Gasteiger partial charge in [0, 0.05) is 31.4 Å². The van der Waals surface area contributed by atoms with Gasteiger partial charge in [0.05, 0.1) is 6.61 Å². The molecule has 0 aromatic heterocycles. The van der Waals surface area contributed by atoms with Crippen LogP contribution < -0.4 is 10.2 Å². The van der Waals surface area contributed by atoms with Crippen LogP contribution in [0.2, 0.25) is 0 Å². The molecule has 1 aromatic carbocycles. The lowest BCUT2D eigenvalue weighted by Crippen LogP contribution is -2.37. The summed E-state index contributed by atoms with van der Waals surface area (Å²) in [4.78, 5) is 2.47. The number of methoxy groups -OCH3 is 1. The topological polar surface area (TPSA) is 24.5 Å². The number of nitrogens with one attached hydrogen (secondary N) is 1. The number of hydrogen-bond acceptors (Lipinski definition) is 3. The van der Waals surface area contributed by atoms with Gasteiger partial charge in [-0.2, -0.15) is 0 Å². The summed E-state index contributed by atoms with van der Waals surface area (Å²) in [7, 11) is 3.76. The smallest absolute Gasteiger partial charge is 0.0637 e. The van der Waals surface area contributed by atoms with Gasteiger partial charge in [-0.25, -0.2) is 0 Å². The molecule has 0 spiro atoms. The Kier molecular flexibility index (Phi) is 7.63. The van der Waals surface area contributed by atoms with E-state index in [-0.39, 0.29) is 0 Å². The van der Waals surface area contributed by atoms with Crippen molar-refractivity contribution < 1.29 is 4.74 Å². The minimum atomic E-state index is 0.393. The van der Waals surface area contributed by atoms with E-state index >= 15 is 0 Å². The van der Waals surface area contributed by atoms with Gasteiger partial charge in [0.15, 0.2) is 0 Å². The second-order valence-corrected chi connectivity index (χ2v) is 5.26. The Balaban J connectivity index is 2.89. The van der Waals surface area contributed by atoms with Crippen molar-refractivity contribution in [1.82, 2.24) is 5.32 Å². The predicted molar refractivity (Wildman–Crippen MR) is 87.5 cm³/mol. The van der Waals surface area contributed by atoms with Gasteiger partial charge in [-0.05, 0) is 44.5 Å². The van der Waals surface area contributed by atoms with Gasteiger partial charge in [-0.3, -0.25) is 0 Å². The molecular weight excluding hydrogens is 248 g/mol. The molecule has 114 valence electrons. The van der Waals surface area contributed by atoms with Crippen LogP contribution in [0.4, 0.5) is 5.69 Å². The minimum absolute atomic E-state index is 0.393. The molecule has 1 unspecified atom stereocenters. The summed E-state index contributed by atoms with van der Waals surface area (Å²) in [6.45, 7) is 8.41. The lowest BCUT2D eigenvalue weighted by molar-refractivity contribution is 0.202. The fraction of sp³-hybridized carbons (Fsp3) is 0.647. The maximum absolute atomic E-state index is 5.26. The minimum Gasteiger partial charge on any atom is -0.383 e. The molecule has 1 rings (SSSR count). The first-order valence-corrected chi connectivity index (χ1v) is 7.70. The third kappa shape index (κ3) is 4.50. The van der Waals surface area contributed by atoms with E-state index in [1.807, 2.05) is 7.05 Å². The van der Waals surface area contributed by atoms with E-state index in [1.165, 1.54) is 11.3 Å². The SMILES string of the molecule is CCC(CC)N(CCOC)c1ccc(C(C)NC)cc1. The van der Waals surface area contributed by atoms with E-state index in [9.17, 15) is 0 Å². The number of rotatable bonds is 9. The molecule has 1 N–H and O–H groups in total. The van der Waals surface area contributed by atoms with Crippen molar-refractivity contribution in [2.75, 3.05) is 32.2 Å². The Bertz CT molecular complexity index is 360. The molecule has 0 bridgehead atoms. The van der Waals surface area contributed by atoms with Gasteiger partial charge in [-0.1, -0.05) is 26.0 Å². The monoisotopic (exact) mass is 278 g/mol. The zero-order valence-electron chi connectivity index (χ0n) is 13.6. The highest BCUT2D eigenvalue weighted by atomic mass is 16.5. The summed E-state index contributed by atoms with van der Waals surface area (Å²) in [5.74, 6) is 0. The summed E-state index contributed by atoms with van der Waals surface area (Å²) in [6, 6.07) is 9.88. The quantitative estimate of drug-likeness (QED) is 0.747. The zero-order valence-corrected chi connectivity index (χ0v) is 13.6. The molecule has 0 aliphatic heterocycles. The van der Waals surface area contributed by atoms with Crippen LogP contribution in [0, 0.1) is 0 Å². The lowest BCUT2D eigenvalue weighted by Gasteiger charge is -2.32. The molecule has 20 heavy (non-hydrogen) atoms. The molecular formula is C17H30N2O. The van der Waals surface area contributed by atoms with Crippen LogP contribution in [0.1, 0.15) is 45.2 Å². The summed E-state index contributed by atoms with van der Waals surface area (Å²) in [6.07, 6.45) is 2.32. The molecule has 1 atom stereocenters. The van der Waals surface area contributed by atoms with Gasteiger partial charge in [0.25, 0.3) is 0 Å². The third-order valence-corrected chi connectivity index (χ3v) is 4.08. The largest absolute Gasteiger partial charge is 0.383 e. The number of nitrogens with zero attached hydrogens (tertiary/aromatic N) is 1. The Labute approximate surface area is 124 Å². The van der Waals surface area contributed by atoms with Crippen LogP contribution in [-0.4, -0.2) is 33.4 Å². The average Bonchev–Trinajstić information content (AvgIpc) is 2.51. The maximum atomic E-state index is 5.26. The molecule has 0 aliphatic rings. The maximum Gasteiger partial charge on any atom is 0.0637 e. The second-order valence-electron chi connectivity index (χ2n) is 5.26. The van der Waals surface area contributed by atoms with Gasteiger partial charge in [0.2, 0.25) is 0 Å². The Hall–Kier alpha value is -1.06. The first-order valence-electron chi connectivity index (χ1n) is 7.70. The molecule has 3 heteroatoms. The summed E-state index contributed by atoms with van der Waals surface area (Å²) in [5.41, 5.74) is 2.62. The van der Waals surface area contributed by atoms with Crippen LogP contribution >= 0.6 is 0 Å². The van der Waals surface area contributed by atoms with E-state index < -0.39 is 0 Å². The van der Waals surface area contributed by atoms with Crippen molar-refractivity contribution in [2.45, 2.75) is 45.7 Å². The van der Waals surface area contributed by atoms with Crippen molar-refractivity contribution in [2.24, 2.45) is 0 Å². The van der Waals surface area contributed by atoms with Crippen LogP contribution in [0.25, 0.3) is 0 Å². The molecule has 3 nitrogen and oxygen atoms in total. The van der Waals surface area contributed by atoms with E-state index in [4.69, 9.17) is 4.74 Å². The molecule has 0 amide bonds. The molecule has 0 aliphatic carbocycles. The summed E-state index contributed by atoms with van der Waals surface area (Å²) in [5, 5.41) is 3.28. The normalized spacial score (nSPS) is 12.7. The summed E-state index contributed by atoms with van der Waals surface area (Å²) >= 11 is 0. The fourth-order valence-electron chi connectivity index (χ4n) is 2.56. The van der Waals surface area contributed by atoms with E-state index in [2.05, 4.69) is 55.3 Å². The van der Waals surface area contributed by atoms with Crippen molar-refractivity contribution in [3.8, 4) is 0 Å². The fourth-order valence-corrected chi connectivity index (χ4v) is 2.56. The van der Waals surface area contributed by atoms with Crippen molar-refractivity contribution in [3.05, 3.63) is 29.8 Å². The molecule has 0 saturated carbocycles. The number of benzene rings is 1. The molecule has 0 fully saturated rings. The van der Waals surface area contributed by atoms with E-state index in [1.54, 1.807) is 7.11 Å². The first-order chi connectivity index (χ1) is 9.67. The van der Waals surface area contributed by atoms with Gasteiger partial charge in [0.1, 0.15) is 0 Å². The molecule has 0 radical (unpaired) electrons. The molecule has 0 saturated heterocycles. The van der Waals surface area contributed by atoms with E-state index in [0.717, 1.165) is 26.0 Å². The van der Waals surface area contributed by atoms with Crippen LogP contribution in [0.15, 0.2) is 24.3 Å². The van der Waals surface area contributed by atoms with Crippen LogP contribution in [0.3, 0.4) is 0 Å². The molecule has 0 heterocycles. The van der Waals surface area contributed by atoms with Crippen LogP contribution in [0.5, 0.6) is 0 Å². The van der Waals surface area contributed by atoms with E-state index in [0.29, 0.717) is 12.1 Å². The number of hydrogen-bond donors (Lipinski definition) is 1. The lowest BCUT2D eigenvalue weighted by atomic mass is 10.1. The summed E-state index contributed by atoms with van der Waals surface area (Å²) < 4.78 is 5.26. The third-order valence-electron chi connectivity index (χ3n) is 4.08. The average molecular weight is 278 g/mol. The van der Waals surface area contributed by atoms with Crippen molar-refractivity contribution >= 4 is 5.69 Å². The number of anilines is 1. The van der Waals surface area contributed by atoms with Crippen molar-refractivity contribution in [3.63, 3.8) is 0 Å². The first kappa shape index (κ1) is 17.0. The Morgan fingerprint density at radius 2 is 1.75 bits per heavy atom. The zero-order chi connectivity index (χ0) is 15.0. The van der Waals surface area contributed by atoms with Crippen molar-refractivity contribution in [1.29, 1.82) is 0 Å². The highest BCUT2D eigenvalue weighted by molar-refractivity contribution is 5.49. The Morgan fingerprint density at radius 1 is 1.15 bits per heavy atom. The predicted octanol–water partition coefficient (Wildman–Crippen LogP) is 3.61. The highest BCUT2D eigenvalue weighted by Gasteiger charge is 2.15. The highest BCUT2D eigenvalue weighted by Crippen LogP contribution is 2.23. The van der Waals surface area contributed by atoms with Gasteiger partial charge < -0.3 is 15.0 Å². The van der Waals surface area contributed by atoms with Crippen LogP contribution in [-0.2, 0) is 4.74 Å². The molecule has 1 aromatic rings. The van der Waals surface area contributed by atoms with Gasteiger partial charge >= 0.3 is 0 Å². The Morgan fingerprint density at radius 3 is 2.20 bits per heavy atom. The van der Waals surface area contributed by atoms with Gasteiger partial charge in [-0.15, -0.1) is 0 Å². The standard InChI is InChI=1S/C17H30N2O/c1-6-16(7-2)19(12-13-20-5)17-10-8-15(9-11-17)14(3)18-4/h8-11,14,16,18H,6-7,12-13H2,1-5H3.